The molecule has 2 heteroatoms. The maximum atomic E-state index is 10.1. The Balaban J connectivity index is 1.75. The number of hydrogen-bond acceptors (Lipinski definition) is 1. The highest BCUT2D eigenvalue weighted by Gasteiger charge is 2.24. The van der Waals surface area contributed by atoms with Crippen molar-refractivity contribution in [2.24, 2.45) is 0 Å². The Kier molecular flexibility index (Phi) is 7.43. The molecule has 4 aromatic rings. The minimum atomic E-state index is -0.202. The van der Waals surface area contributed by atoms with Gasteiger partial charge in [0, 0.05) is 10.4 Å². The van der Waals surface area contributed by atoms with Gasteiger partial charge >= 0.3 is 0 Å². The lowest BCUT2D eigenvalue weighted by Crippen LogP contribution is -2.10. The molecule has 0 spiro atoms. The van der Waals surface area contributed by atoms with Crippen LogP contribution in [0.1, 0.15) is 57.7 Å². The first-order chi connectivity index (χ1) is 16.0. The Labute approximate surface area is 205 Å². The highest BCUT2D eigenvalue weighted by Crippen LogP contribution is 2.38. The van der Waals surface area contributed by atoms with Crippen LogP contribution in [-0.4, -0.2) is 0 Å². The Morgan fingerprint density at radius 1 is 0.758 bits per heavy atom. The van der Waals surface area contributed by atoms with Crippen molar-refractivity contribution in [2.75, 3.05) is 0 Å². The molecule has 0 aliphatic rings. The number of nitriles is 1. The summed E-state index contributed by atoms with van der Waals surface area (Å²) in [4.78, 5) is 0. The fraction of sp³-hybridized carbons (Fsp3) is 0.194. The monoisotopic (exact) mass is 493 g/mol. The minimum absolute atomic E-state index is 0.0680. The number of nitrogens with zero attached hydrogens (tertiary/aromatic N) is 1. The van der Waals surface area contributed by atoms with Crippen LogP contribution < -0.4 is 0 Å². The minimum Gasteiger partial charge on any atom is -0.198 e. The van der Waals surface area contributed by atoms with Crippen molar-refractivity contribution in [3.63, 3.8) is 0 Å². The second-order valence-corrected chi connectivity index (χ2v) is 9.63. The van der Waals surface area contributed by atoms with Crippen LogP contribution in [0, 0.1) is 18.3 Å². The zero-order valence-corrected chi connectivity index (χ0v) is 20.7. The number of aryl methyl sites for hydroxylation is 1. The van der Waals surface area contributed by atoms with Gasteiger partial charge in [0.05, 0.1) is 12.0 Å². The molecule has 0 saturated carbocycles. The molecule has 33 heavy (non-hydrogen) atoms. The third-order valence-electron chi connectivity index (χ3n) is 6.35. The molecule has 4 rings (SSSR count). The van der Waals surface area contributed by atoms with E-state index in [1.54, 1.807) is 0 Å². The Morgan fingerprint density at radius 2 is 1.30 bits per heavy atom. The molecular weight excluding hydrogens is 466 g/mol. The predicted octanol–water partition coefficient (Wildman–Crippen LogP) is 8.35. The number of rotatable bonds is 7. The Bertz CT molecular complexity index is 1240. The molecule has 0 heterocycles. The molecule has 0 aromatic heterocycles. The zero-order valence-electron chi connectivity index (χ0n) is 19.1. The molecular formula is C31H28BrN. The van der Waals surface area contributed by atoms with Gasteiger partial charge in [0.25, 0.3) is 0 Å². The van der Waals surface area contributed by atoms with Crippen molar-refractivity contribution in [1.82, 2.24) is 0 Å². The quantitative estimate of drug-likeness (QED) is 0.253. The van der Waals surface area contributed by atoms with Gasteiger partial charge in [-0.3, -0.25) is 0 Å². The molecule has 0 saturated heterocycles. The molecule has 2 unspecified atom stereocenters. The molecule has 0 N–H and O–H groups in total. The average molecular weight is 494 g/mol. The molecule has 0 bridgehead atoms. The van der Waals surface area contributed by atoms with E-state index in [0.717, 1.165) is 22.9 Å². The van der Waals surface area contributed by atoms with Crippen molar-refractivity contribution < 1.29 is 0 Å². The van der Waals surface area contributed by atoms with E-state index in [0.29, 0.717) is 0 Å². The normalized spacial score (nSPS) is 12.7. The van der Waals surface area contributed by atoms with E-state index in [1.165, 1.54) is 33.4 Å². The molecule has 0 amide bonds. The molecule has 164 valence electrons. The molecule has 0 fully saturated rings. The highest BCUT2D eigenvalue weighted by atomic mass is 79.9. The fourth-order valence-electron chi connectivity index (χ4n) is 4.46. The largest absolute Gasteiger partial charge is 0.198 e. The highest BCUT2D eigenvalue weighted by molar-refractivity contribution is 9.10. The maximum Gasteiger partial charge on any atom is 0.0778 e. The number of halogens is 1. The molecule has 2 atom stereocenters. The zero-order chi connectivity index (χ0) is 23.2. The van der Waals surface area contributed by atoms with E-state index in [9.17, 15) is 5.26 Å². The van der Waals surface area contributed by atoms with Gasteiger partial charge in [0.15, 0.2) is 0 Å². The van der Waals surface area contributed by atoms with Crippen LogP contribution in [0.4, 0.5) is 0 Å². The van der Waals surface area contributed by atoms with E-state index < -0.39 is 0 Å². The van der Waals surface area contributed by atoms with Gasteiger partial charge in [0.2, 0.25) is 0 Å². The first-order valence-corrected chi connectivity index (χ1v) is 12.2. The van der Waals surface area contributed by atoms with Crippen molar-refractivity contribution in [3.8, 4) is 6.07 Å². The third kappa shape index (κ3) is 5.62. The fourth-order valence-corrected chi connectivity index (χ4v) is 4.96. The van der Waals surface area contributed by atoms with Crippen LogP contribution in [0.2, 0.25) is 0 Å². The van der Waals surface area contributed by atoms with Crippen molar-refractivity contribution >= 4 is 15.9 Å². The van der Waals surface area contributed by atoms with Crippen LogP contribution in [0.5, 0.6) is 0 Å². The molecule has 1 nitrogen and oxygen atoms in total. The first-order valence-electron chi connectivity index (χ1n) is 11.4. The van der Waals surface area contributed by atoms with Crippen molar-refractivity contribution in [2.45, 2.75) is 38.5 Å². The molecule has 0 aliphatic carbocycles. The van der Waals surface area contributed by atoms with Gasteiger partial charge in [-0.05, 0) is 59.2 Å². The van der Waals surface area contributed by atoms with E-state index in [1.807, 2.05) is 0 Å². The lowest BCUT2D eigenvalue weighted by Gasteiger charge is -2.23. The van der Waals surface area contributed by atoms with Gasteiger partial charge in [-0.15, -0.1) is 0 Å². The summed E-state index contributed by atoms with van der Waals surface area (Å²) in [7, 11) is 0. The van der Waals surface area contributed by atoms with Crippen molar-refractivity contribution in [1.29, 1.82) is 5.26 Å². The topological polar surface area (TPSA) is 23.8 Å². The van der Waals surface area contributed by atoms with Crippen LogP contribution in [0.3, 0.4) is 0 Å². The van der Waals surface area contributed by atoms with E-state index in [4.69, 9.17) is 0 Å². The molecule has 0 aliphatic heterocycles. The van der Waals surface area contributed by atoms with Crippen LogP contribution >= 0.6 is 15.9 Å². The third-order valence-corrected chi connectivity index (χ3v) is 7.09. The summed E-state index contributed by atoms with van der Waals surface area (Å²) in [6, 6.07) is 36.7. The molecule has 0 radical (unpaired) electrons. The number of benzene rings is 4. The van der Waals surface area contributed by atoms with Gasteiger partial charge in [-0.2, -0.15) is 5.26 Å². The number of hydrogen-bond donors (Lipinski definition) is 0. The molecule has 4 aromatic carbocycles. The van der Waals surface area contributed by atoms with Gasteiger partial charge in [-0.1, -0.05) is 119 Å². The lowest BCUT2D eigenvalue weighted by atomic mass is 9.80. The standard InChI is InChI=1S/C31H28BrN/c1-22-13-15-26(16-14-22)30(21-33)23(2)29-20-31(32)28(18-25-11-7-4-8-12-25)19-27(29)17-24-9-5-3-6-10-24/h3-16,19-20,23,30H,17-18H2,1-2H3. The lowest BCUT2D eigenvalue weighted by molar-refractivity contribution is 0.679. The predicted molar refractivity (Wildman–Crippen MR) is 141 cm³/mol. The van der Waals surface area contributed by atoms with Crippen molar-refractivity contribution in [3.05, 3.63) is 140 Å². The van der Waals surface area contributed by atoms with Gasteiger partial charge < -0.3 is 0 Å². The Hall–Kier alpha value is -3.15. The van der Waals surface area contributed by atoms with Gasteiger partial charge in [-0.25, -0.2) is 0 Å². The summed E-state index contributed by atoms with van der Waals surface area (Å²) in [5, 5.41) is 10.1. The summed E-state index contributed by atoms with van der Waals surface area (Å²) in [5.41, 5.74) is 8.64. The maximum absolute atomic E-state index is 10.1. The van der Waals surface area contributed by atoms with Crippen LogP contribution in [0.15, 0.2) is 102 Å². The second kappa shape index (κ2) is 10.6. The first kappa shape index (κ1) is 23.0. The average Bonchev–Trinajstić information content (AvgIpc) is 2.84. The van der Waals surface area contributed by atoms with Crippen LogP contribution in [-0.2, 0) is 12.8 Å². The summed E-state index contributed by atoms with van der Waals surface area (Å²) in [6.07, 6.45) is 1.72. The summed E-state index contributed by atoms with van der Waals surface area (Å²) in [6.45, 7) is 4.26. The van der Waals surface area contributed by atoms with Gasteiger partial charge in [0.1, 0.15) is 0 Å². The summed E-state index contributed by atoms with van der Waals surface area (Å²) >= 11 is 3.85. The SMILES string of the molecule is Cc1ccc(C(C#N)C(C)c2cc(Br)c(Cc3ccccc3)cc2Cc2ccccc2)cc1. The second-order valence-electron chi connectivity index (χ2n) is 8.77. The van der Waals surface area contributed by atoms with E-state index in [-0.39, 0.29) is 11.8 Å². The van der Waals surface area contributed by atoms with E-state index in [2.05, 4.69) is 133 Å². The van der Waals surface area contributed by atoms with Crippen LogP contribution in [0.25, 0.3) is 0 Å². The summed E-state index contributed by atoms with van der Waals surface area (Å²) < 4.78 is 1.10. The van der Waals surface area contributed by atoms with E-state index >= 15 is 0 Å². The Morgan fingerprint density at radius 3 is 1.85 bits per heavy atom. The smallest absolute Gasteiger partial charge is 0.0778 e. The summed E-state index contributed by atoms with van der Waals surface area (Å²) in [5.74, 6) is -0.134.